The maximum Gasteiger partial charge on any atom is 0.265 e. The average molecular weight is 542 g/mol. The first-order valence-electron chi connectivity index (χ1n) is 12.4. The van der Waals surface area contributed by atoms with Crippen molar-refractivity contribution in [3.05, 3.63) is 78.1 Å². The van der Waals surface area contributed by atoms with Crippen molar-refractivity contribution in [3.63, 3.8) is 0 Å². The fourth-order valence-electron chi connectivity index (χ4n) is 4.42. The molecule has 8 nitrogen and oxygen atoms in total. The Morgan fingerprint density at radius 3 is 2.29 bits per heavy atom. The molecule has 1 heterocycles. The molecule has 0 unspecified atom stereocenters. The second-order valence-corrected chi connectivity index (χ2v) is 10.8. The smallest absolute Gasteiger partial charge is 0.265 e. The molecule has 38 heavy (non-hydrogen) atoms. The number of methoxy groups -OCH3 is 2. The van der Waals surface area contributed by atoms with E-state index in [4.69, 9.17) is 9.47 Å². The van der Waals surface area contributed by atoms with Gasteiger partial charge in [-0.2, -0.15) is 0 Å². The summed E-state index contributed by atoms with van der Waals surface area (Å²) in [5.41, 5.74) is 1.79. The molecule has 1 N–H and O–H groups in total. The Balaban J connectivity index is 1.52. The van der Waals surface area contributed by atoms with E-state index < -0.39 is 28.3 Å². The number of ether oxygens (including phenoxy) is 2. The summed E-state index contributed by atoms with van der Waals surface area (Å²) in [6, 6.07) is 17.4. The van der Waals surface area contributed by atoms with E-state index in [1.165, 1.54) is 69.9 Å². The second kappa shape index (κ2) is 12.2. The number of nitrogens with zero attached hydrogens (tertiary/aromatic N) is 2. The number of piperidine rings is 1. The van der Waals surface area contributed by atoms with Gasteiger partial charge >= 0.3 is 0 Å². The number of hydrogen-bond acceptors (Lipinski definition) is 6. The van der Waals surface area contributed by atoms with Crippen LogP contribution in [0.25, 0.3) is 0 Å². The van der Waals surface area contributed by atoms with Crippen LogP contribution < -0.4 is 24.0 Å². The molecule has 1 aliphatic heterocycles. The number of hydrogen-bond donors (Lipinski definition) is 1. The van der Waals surface area contributed by atoms with Crippen LogP contribution in [0.3, 0.4) is 0 Å². The highest BCUT2D eigenvalue weighted by atomic mass is 32.2. The van der Waals surface area contributed by atoms with Crippen LogP contribution in [0.15, 0.2) is 71.6 Å². The molecule has 0 spiro atoms. The van der Waals surface area contributed by atoms with Crippen LogP contribution in [0, 0.1) is 5.82 Å². The first kappa shape index (κ1) is 27.3. The quantitative estimate of drug-likeness (QED) is 0.411. The highest BCUT2D eigenvalue weighted by Gasteiger charge is 2.30. The van der Waals surface area contributed by atoms with E-state index in [0.29, 0.717) is 5.75 Å². The molecule has 4 rings (SSSR count). The minimum atomic E-state index is -4.34. The first-order valence-corrected chi connectivity index (χ1v) is 13.9. The van der Waals surface area contributed by atoms with Crippen molar-refractivity contribution in [2.75, 3.05) is 43.1 Å². The molecule has 1 fully saturated rings. The SMILES string of the molecule is COc1ccc(S(=O)(=O)N(CC(=O)NCc2ccc(N3CCCCC3)cc2)c2ccccc2F)cc1OC. The van der Waals surface area contributed by atoms with E-state index in [1.807, 2.05) is 24.3 Å². The summed E-state index contributed by atoms with van der Waals surface area (Å²) in [7, 11) is -1.52. The highest BCUT2D eigenvalue weighted by molar-refractivity contribution is 7.92. The molecule has 0 aliphatic carbocycles. The molecule has 10 heteroatoms. The molecule has 1 saturated heterocycles. The lowest BCUT2D eigenvalue weighted by atomic mass is 10.1. The number of carbonyl (C=O) groups excluding carboxylic acids is 1. The fraction of sp³-hybridized carbons (Fsp3) is 0.321. The van der Waals surface area contributed by atoms with Gasteiger partial charge in [0.15, 0.2) is 11.5 Å². The van der Waals surface area contributed by atoms with Crippen molar-refractivity contribution < 1.29 is 27.1 Å². The van der Waals surface area contributed by atoms with E-state index in [2.05, 4.69) is 10.2 Å². The van der Waals surface area contributed by atoms with E-state index in [0.717, 1.165) is 34.7 Å². The largest absolute Gasteiger partial charge is 0.493 e. The maximum atomic E-state index is 14.8. The Morgan fingerprint density at radius 2 is 1.63 bits per heavy atom. The number of carbonyl (C=O) groups is 1. The zero-order chi connectivity index (χ0) is 27.1. The summed E-state index contributed by atoms with van der Waals surface area (Å²) < 4.78 is 53.2. The molecule has 0 radical (unpaired) electrons. The molecular formula is C28H32FN3O5S. The molecular weight excluding hydrogens is 509 g/mol. The Bertz CT molecular complexity index is 1360. The predicted molar refractivity (Wildman–Crippen MR) is 145 cm³/mol. The monoisotopic (exact) mass is 541 g/mol. The van der Waals surface area contributed by atoms with Crippen molar-refractivity contribution in [1.29, 1.82) is 0 Å². The predicted octanol–water partition coefficient (Wildman–Crippen LogP) is 4.34. The van der Waals surface area contributed by atoms with Crippen LogP contribution in [0.5, 0.6) is 11.5 Å². The van der Waals surface area contributed by atoms with Crippen LogP contribution in [0.1, 0.15) is 24.8 Å². The zero-order valence-electron chi connectivity index (χ0n) is 21.5. The minimum absolute atomic E-state index is 0.167. The molecule has 1 amide bonds. The average Bonchev–Trinajstić information content (AvgIpc) is 2.95. The van der Waals surface area contributed by atoms with Crippen molar-refractivity contribution in [2.45, 2.75) is 30.7 Å². The molecule has 3 aromatic rings. The lowest BCUT2D eigenvalue weighted by Gasteiger charge is -2.28. The highest BCUT2D eigenvalue weighted by Crippen LogP contribution is 2.33. The number of anilines is 2. The second-order valence-electron chi connectivity index (χ2n) is 8.97. The lowest BCUT2D eigenvalue weighted by Crippen LogP contribution is -2.41. The fourth-order valence-corrected chi connectivity index (χ4v) is 5.87. The van der Waals surface area contributed by atoms with Crippen molar-refractivity contribution in [2.24, 2.45) is 0 Å². The number of amides is 1. The van der Waals surface area contributed by atoms with Crippen molar-refractivity contribution in [3.8, 4) is 11.5 Å². The van der Waals surface area contributed by atoms with Crippen molar-refractivity contribution in [1.82, 2.24) is 5.32 Å². The Labute approximate surface area is 223 Å². The number of nitrogens with one attached hydrogen (secondary N) is 1. The van der Waals surface area contributed by atoms with Gasteiger partial charge in [0, 0.05) is 31.4 Å². The number of halogens is 1. The van der Waals surface area contributed by atoms with Gasteiger partial charge in [-0.1, -0.05) is 24.3 Å². The van der Waals surface area contributed by atoms with Gasteiger partial charge in [0.2, 0.25) is 5.91 Å². The molecule has 0 saturated carbocycles. The van der Waals surface area contributed by atoms with Crippen LogP contribution >= 0.6 is 0 Å². The van der Waals surface area contributed by atoms with E-state index in [9.17, 15) is 17.6 Å². The van der Waals surface area contributed by atoms with Gasteiger partial charge in [-0.3, -0.25) is 9.10 Å². The Kier molecular flexibility index (Phi) is 8.73. The lowest BCUT2D eigenvalue weighted by molar-refractivity contribution is -0.119. The van der Waals surface area contributed by atoms with Gasteiger partial charge in [-0.15, -0.1) is 0 Å². The van der Waals surface area contributed by atoms with Gasteiger partial charge in [-0.25, -0.2) is 12.8 Å². The molecule has 0 bridgehead atoms. The molecule has 0 atom stereocenters. The number of sulfonamides is 1. The number of benzene rings is 3. The van der Waals surface area contributed by atoms with Gasteiger partial charge in [0.05, 0.1) is 24.8 Å². The topological polar surface area (TPSA) is 88.2 Å². The van der Waals surface area contributed by atoms with Crippen LogP contribution in [0.2, 0.25) is 0 Å². The minimum Gasteiger partial charge on any atom is -0.493 e. The summed E-state index contributed by atoms with van der Waals surface area (Å²) in [4.78, 5) is 15.1. The third-order valence-electron chi connectivity index (χ3n) is 6.50. The normalized spacial score (nSPS) is 13.6. The molecule has 1 aliphatic rings. The first-order chi connectivity index (χ1) is 18.3. The molecule has 0 aromatic heterocycles. The number of para-hydroxylation sites is 1. The molecule has 3 aromatic carbocycles. The molecule has 202 valence electrons. The van der Waals surface area contributed by atoms with Crippen LogP contribution in [-0.2, 0) is 21.4 Å². The van der Waals surface area contributed by atoms with Gasteiger partial charge < -0.3 is 19.7 Å². The third-order valence-corrected chi connectivity index (χ3v) is 8.25. The summed E-state index contributed by atoms with van der Waals surface area (Å²) in [5, 5.41) is 2.76. The summed E-state index contributed by atoms with van der Waals surface area (Å²) >= 11 is 0. The maximum absolute atomic E-state index is 14.8. The Hall–Kier alpha value is -3.79. The Morgan fingerprint density at radius 1 is 0.947 bits per heavy atom. The number of rotatable bonds is 10. The standard InChI is InChI=1S/C28H32FN3O5S/c1-36-26-15-14-23(18-27(26)37-2)38(34,35)32(25-9-5-4-8-24(25)29)20-28(33)30-19-21-10-12-22(13-11-21)31-16-6-3-7-17-31/h4-5,8-15,18H,3,6-7,16-17,19-20H2,1-2H3,(H,30,33). The van der Waals surface area contributed by atoms with Crippen LogP contribution in [-0.4, -0.2) is 48.2 Å². The van der Waals surface area contributed by atoms with Crippen LogP contribution in [0.4, 0.5) is 15.8 Å². The van der Waals surface area contributed by atoms with E-state index in [1.54, 1.807) is 0 Å². The summed E-state index contributed by atoms with van der Waals surface area (Å²) in [6.07, 6.45) is 3.62. The van der Waals surface area contributed by atoms with Gasteiger partial charge in [0.1, 0.15) is 12.4 Å². The van der Waals surface area contributed by atoms with Gasteiger partial charge in [-0.05, 0) is 61.2 Å². The zero-order valence-corrected chi connectivity index (χ0v) is 22.3. The summed E-state index contributed by atoms with van der Waals surface area (Å²) in [5.74, 6) is -0.803. The third kappa shape index (κ3) is 6.19. The van der Waals surface area contributed by atoms with Gasteiger partial charge in [0.25, 0.3) is 10.0 Å². The van der Waals surface area contributed by atoms with Crippen molar-refractivity contribution >= 4 is 27.3 Å². The summed E-state index contributed by atoms with van der Waals surface area (Å²) in [6.45, 7) is 1.68. The van der Waals surface area contributed by atoms with E-state index >= 15 is 0 Å². The van der Waals surface area contributed by atoms with E-state index in [-0.39, 0.29) is 22.9 Å².